The Morgan fingerprint density at radius 2 is 1.83 bits per heavy atom. The normalized spacial score (nSPS) is 16.4. The van der Waals surface area contributed by atoms with Crippen molar-refractivity contribution in [3.05, 3.63) is 35.4 Å². The maximum absolute atomic E-state index is 13.6. The van der Waals surface area contributed by atoms with Crippen LogP contribution < -0.4 is 0 Å². The largest absolute Gasteiger partial charge is 0.479 e. The van der Waals surface area contributed by atoms with Crippen LogP contribution in [0.3, 0.4) is 0 Å². The first-order chi connectivity index (χ1) is 8.21. The molecular weight excluding hydrogens is 242 g/mol. The van der Waals surface area contributed by atoms with E-state index in [-0.39, 0.29) is 5.56 Å². The minimum absolute atomic E-state index is 0.145. The van der Waals surface area contributed by atoms with E-state index in [0.29, 0.717) is 0 Å². The van der Waals surface area contributed by atoms with Gasteiger partial charge in [0.15, 0.2) is 5.60 Å². The molecule has 100 valence electrons. The van der Waals surface area contributed by atoms with Gasteiger partial charge in [0.2, 0.25) is 0 Å². The fourth-order valence-corrected chi connectivity index (χ4v) is 2.02. The van der Waals surface area contributed by atoms with Gasteiger partial charge in [-0.25, -0.2) is 13.6 Å². The molecule has 0 heterocycles. The van der Waals surface area contributed by atoms with Gasteiger partial charge in [-0.05, 0) is 29.7 Å². The average molecular weight is 258 g/mol. The zero-order valence-corrected chi connectivity index (χ0v) is 10.4. The Hall–Kier alpha value is -1.49. The summed E-state index contributed by atoms with van der Waals surface area (Å²) in [7, 11) is 0. The van der Waals surface area contributed by atoms with Crippen molar-refractivity contribution in [2.75, 3.05) is 0 Å². The summed E-state index contributed by atoms with van der Waals surface area (Å²) in [6.45, 7) is 4.40. The van der Waals surface area contributed by atoms with Crippen molar-refractivity contribution < 1.29 is 23.8 Å². The molecule has 0 aliphatic heterocycles. The highest BCUT2D eigenvalue weighted by atomic mass is 19.1. The fraction of sp³-hybridized carbons (Fsp3) is 0.462. The van der Waals surface area contributed by atoms with Gasteiger partial charge in [0.05, 0.1) is 0 Å². The Bertz CT molecular complexity index is 460. The van der Waals surface area contributed by atoms with E-state index in [4.69, 9.17) is 5.11 Å². The van der Waals surface area contributed by atoms with E-state index in [9.17, 15) is 18.7 Å². The van der Waals surface area contributed by atoms with Crippen LogP contribution in [0, 0.1) is 17.6 Å². The van der Waals surface area contributed by atoms with E-state index in [2.05, 4.69) is 0 Å². The predicted molar refractivity (Wildman–Crippen MR) is 62.2 cm³/mol. The molecule has 2 atom stereocenters. The number of carboxylic acid groups (broad SMARTS) is 1. The van der Waals surface area contributed by atoms with Crippen LogP contribution in [0.1, 0.15) is 32.3 Å². The number of aliphatic carboxylic acids is 1. The fourth-order valence-electron chi connectivity index (χ4n) is 2.02. The first-order valence-corrected chi connectivity index (χ1v) is 5.62. The molecule has 1 rings (SSSR count). The Morgan fingerprint density at radius 1 is 1.28 bits per heavy atom. The summed E-state index contributed by atoms with van der Waals surface area (Å²) in [5.41, 5.74) is -2.29. The lowest BCUT2D eigenvalue weighted by atomic mass is 9.76. The first-order valence-electron chi connectivity index (χ1n) is 5.62. The number of hydrogen-bond donors (Lipinski definition) is 2. The van der Waals surface area contributed by atoms with E-state index >= 15 is 0 Å². The predicted octanol–water partition coefficient (Wildman–Crippen LogP) is 2.54. The molecule has 0 saturated carbocycles. The number of rotatable bonds is 4. The lowest BCUT2D eigenvalue weighted by Gasteiger charge is -2.34. The van der Waals surface area contributed by atoms with Crippen LogP contribution in [-0.2, 0) is 4.79 Å². The second kappa shape index (κ2) is 5.02. The number of carbonyl (C=O) groups is 1. The van der Waals surface area contributed by atoms with Crippen LogP contribution in [-0.4, -0.2) is 21.8 Å². The summed E-state index contributed by atoms with van der Waals surface area (Å²) in [6.07, 6.45) is 0. The molecular formula is C13H16F2O3. The maximum atomic E-state index is 13.6. The molecule has 0 bridgehead atoms. The molecule has 18 heavy (non-hydrogen) atoms. The summed E-state index contributed by atoms with van der Waals surface area (Å²) in [5, 5.41) is 19.3. The molecule has 0 fully saturated rings. The van der Waals surface area contributed by atoms with Crippen LogP contribution in [0.25, 0.3) is 0 Å². The van der Waals surface area contributed by atoms with Crippen molar-refractivity contribution in [1.29, 1.82) is 0 Å². The van der Waals surface area contributed by atoms with Crippen molar-refractivity contribution in [2.24, 2.45) is 5.92 Å². The summed E-state index contributed by atoms with van der Waals surface area (Å²) in [5.74, 6) is -4.56. The highest BCUT2D eigenvalue weighted by molar-refractivity contribution is 5.79. The van der Waals surface area contributed by atoms with Gasteiger partial charge < -0.3 is 10.2 Å². The van der Waals surface area contributed by atoms with Crippen LogP contribution in [0.5, 0.6) is 0 Å². The van der Waals surface area contributed by atoms with Crippen molar-refractivity contribution >= 4 is 5.97 Å². The Balaban J connectivity index is 3.30. The van der Waals surface area contributed by atoms with Crippen LogP contribution in [0.4, 0.5) is 8.78 Å². The van der Waals surface area contributed by atoms with E-state index < -0.39 is 35.0 Å². The summed E-state index contributed by atoms with van der Waals surface area (Å²) in [6, 6.07) is 2.78. The van der Waals surface area contributed by atoms with Gasteiger partial charge >= 0.3 is 5.97 Å². The molecule has 0 spiro atoms. The molecule has 2 unspecified atom stereocenters. The Morgan fingerprint density at radius 3 is 2.28 bits per heavy atom. The third-order valence-electron chi connectivity index (χ3n) is 3.31. The molecule has 5 heteroatoms. The molecule has 0 aromatic heterocycles. The second-order valence-corrected chi connectivity index (χ2v) is 4.67. The molecule has 2 N–H and O–H groups in total. The monoisotopic (exact) mass is 258 g/mol. The summed E-state index contributed by atoms with van der Waals surface area (Å²) >= 11 is 0. The zero-order valence-electron chi connectivity index (χ0n) is 10.4. The van der Waals surface area contributed by atoms with Gasteiger partial charge in [-0.15, -0.1) is 0 Å². The third kappa shape index (κ3) is 2.36. The SMILES string of the molecule is CC(C)C(O)(C(=O)O)C(C)c1cc(F)ccc1F. The van der Waals surface area contributed by atoms with E-state index in [0.717, 1.165) is 18.2 Å². The van der Waals surface area contributed by atoms with Gasteiger partial charge in [-0.1, -0.05) is 20.8 Å². The molecule has 0 amide bonds. The van der Waals surface area contributed by atoms with Crippen molar-refractivity contribution in [3.8, 4) is 0 Å². The topological polar surface area (TPSA) is 57.5 Å². The number of halogens is 2. The zero-order chi connectivity index (χ0) is 14.1. The van der Waals surface area contributed by atoms with Crippen molar-refractivity contribution in [2.45, 2.75) is 32.3 Å². The van der Waals surface area contributed by atoms with Gasteiger partial charge in [-0.3, -0.25) is 0 Å². The highest BCUT2D eigenvalue weighted by Crippen LogP contribution is 2.35. The van der Waals surface area contributed by atoms with E-state index in [1.54, 1.807) is 0 Å². The van der Waals surface area contributed by atoms with E-state index in [1.165, 1.54) is 20.8 Å². The number of benzene rings is 1. The standard InChI is InChI=1S/C13H16F2O3/c1-7(2)13(18,12(16)17)8(3)10-6-9(14)4-5-11(10)15/h4-8,18H,1-3H3,(H,16,17). The lowest BCUT2D eigenvalue weighted by Crippen LogP contribution is -2.48. The van der Waals surface area contributed by atoms with Gasteiger partial charge in [0.1, 0.15) is 11.6 Å². The minimum Gasteiger partial charge on any atom is -0.479 e. The summed E-state index contributed by atoms with van der Waals surface area (Å²) in [4.78, 5) is 11.2. The maximum Gasteiger partial charge on any atom is 0.336 e. The third-order valence-corrected chi connectivity index (χ3v) is 3.31. The number of carboxylic acids is 1. The number of aliphatic hydroxyl groups is 1. The van der Waals surface area contributed by atoms with Crippen LogP contribution in [0.15, 0.2) is 18.2 Å². The molecule has 0 aliphatic rings. The molecule has 3 nitrogen and oxygen atoms in total. The Kier molecular flexibility index (Phi) is 4.06. The molecule has 0 radical (unpaired) electrons. The van der Waals surface area contributed by atoms with Gasteiger partial charge in [-0.2, -0.15) is 0 Å². The highest BCUT2D eigenvalue weighted by Gasteiger charge is 2.46. The van der Waals surface area contributed by atoms with Gasteiger partial charge in [0.25, 0.3) is 0 Å². The minimum atomic E-state index is -2.14. The summed E-state index contributed by atoms with van der Waals surface area (Å²) < 4.78 is 26.7. The van der Waals surface area contributed by atoms with E-state index in [1.807, 2.05) is 0 Å². The smallest absolute Gasteiger partial charge is 0.336 e. The van der Waals surface area contributed by atoms with Crippen LogP contribution in [0.2, 0.25) is 0 Å². The number of hydrogen-bond acceptors (Lipinski definition) is 2. The van der Waals surface area contributed by atoms with Crippen molar-refractivity contribution in [3.63, 3.8) is 0 Å². The Labute approximate surface area is 104 Å². The first kappa shape index (κ1) is 14.6. The molecule has 0 saturated heterocycles. The quantitative estimate of drug-likeness (QED) is 0.872. The second-order valence-electron chi connectivity index (χ2n) is 4.67. The molecule has 1 aromatic rings. The molecule has 0 aliphatic carbocycles. The van der Waals surface area contributed by atoms with Gasteiger partial charge in [0, 0.05) is 5.92 Å². The lowest BCUT2D eigenvalue weighted by molar-refractivity contribution is -0.166. The molecule has 1 aromatic carbocycles. The average Bonchev–Trinajstić information content (AvgIpc) is 2.29. The van der Waals surface area contributed by atoms with Crippen LogP contribution >= 0.6 is 0 Å². The van der Waals surface area contributed by atoms with Crippen molar-refractivity contribution in [1.82, 2.24) is 0 Å².